The molecule has 0 bridgehead atoms. The van der Waals surface area contributed by atoms with Crippen molar-refractivity contribution in [3.8, 4) is 0 Å². The van der Waals surface area contributed by atoms with E-state index in [1.807, 2.05) is 6.08 Å². The molecule has 0 aromatic heterocycles. The van der Waals surface area contributed by atoms with Gasteiger partial charge >= 0.3 is 0 Å². The molecule has 0 aliphatic carbocycles. The Morgan fingerprint density at radius 2 is 2.43 bits per heavy atom. The second kappa shape index (κ2) is 4.25. The first-order valence-corrected chi connectivity index (χ1v) is 3.18. The summed E-state index contributed by atoms with van der Waals surface area (Å²) >= 11 is 4.07. The Hall–Kier alpha value is 0.0900. The summed E-state index contributed by atoms with van der Waals surface area (Å²) in [5.74, 6) is 1.60. The summed E-state index contributed by atoms with van der Waals surface area (Å²) in [5.41, 5.74) is 0. The molecule has 0 spiro atoms. The molecular formula is C6H12S. The van der Waals surface area contributed by atoms with Crippen LogP contribution in [-0.2, 0) is 0 Å². The Morgan fingerprint density at radius 1 is 1.86 bits per heavy atom. The van der Waals surface area contributed by atoms with Crippen molar-refractivity contribution in [2.75, 3.05) is 5.75 Å². The molecular weight excluding hydrogens is 104 g/mol. The number of hydrogen-bond donors (Lipinski definition) is 1. The highest BCUT2D eigenvalue weighted by Crippen LogP contribution is 2.01. The summed E-state index contributed by atoms with van der Waals surface area (Å²) in [6, 6.07) is 0. The quantitative estimate of drug-likeness (QED) is 0.424. The highest BCUT2D eigenvalue weighted by Gasteiger charge is 1.89. The Labute approximate surface area is 51.0 Å². The average Bonchev–Trinajstić information content (AvgIpc) is 1.68. The van der Waals surface area contributed by atoms with Gasteiger partial charge in [0, 0.05) is 0 Å². The fraction of sp³-hybridized carbons (Fsp3) is 0.667. The second-order valence-corrected chi connectivity index (χ2v) is 2.17. The third-order valence-electron chi connectivity index (χ3n) is 0.987. The second-order valence-electron chi connectivity index (χ2n) is 1.73. The third-order valence-corrected chi connectivity index (χ3v) is 1.25. The van der Waals surface area contributed by atoms with E-state index in [4.69, 9.17) is 0 Å². The Morgan fingerprint density at radius 3 is 2.57 bits per heavy atom. The molecule has 1 heteroatoms. The number of hydrogen-bond acceptors (Lipinski definition) is 1. The molecule has 0 nitrogen and oxygen atoms in total. The van der Waals surface area contributed by atoms with Crippen LogP contribution in [0.15, 0.2) is 12.7 Å². The van der Waals surface area contributed by atoms with Crippen molar-refractivity contribution in [2.45, 2.75) is 13.3 Å². The van der Waals surface area contributed by atoms with Gasteiger partial charge in [-0.25, -0.2) is 0 Å². The van der Waals surface area contributed by atoms with Crippen molar-refractivity contribution < 1.29 is 0 Å². The van der Waals surface area contributed by atoms with Crippen LogP contribution >= 0.6 is 12.6 Å². The van der Waals surface area contributed by atoms with E-state index < -0.39 is 0 Å². The molecule has 0 aromatic carbocycles. The summed E-state index contributed by atoms with van der Waals surface area (Å²) in [7, 11) is 0. The van der Waals surface area contributed by atoms with Gasteiger partial charge in [-0.05, 0) is 18.1 Å². The summed E-state index contributed by atoms with van der Waals surface area (Å²) < 4.78 is 0. The van der Waals surface area contributed by atoms with Crippen LogP contribution in [0.1, 0.15) is 13.3 Å². The van der Waals surface area contributed by atoms with Gasteiger partial charge in [-0.3, -0.25) is 0 Å². The molecule has 0 saturated carbocycles. The van der Waals surface area contributed by atoms with Gasteiger partial charge in [-0.2, -0.15) is 12.6 Å². The number of allylic oxidation sites excluding steroid dienone is 1. The molecule has 7 heavy (non-hydrogen) atoms. The van der Waals surface area contributed by atoms with Gasteiger partial charge in [0.25, 0.3) is 0 Å². The zero-order valence-corrected chi connectivity index (χ0v) is 5.62. The zero-order chi connectivity index (χ0) is 5.70. The Kier molecular flexibility index (Phi) is 4.31. The molecule has 1 unspecified atom stereocenters. The molecule has 0 fully saturated rings. The topological polar surface area (TPSA) is 0 Å². The first-order valence-electron chi connectivity index (χ1n) is 2.54. The van der Waals surface area contributed by atoms with Crippen molar-refractivity contribution in [3.05, 3.63) is 12.7 Å². The summed E-state index contributed by atoms with van der Waals surface area (Å²) in [6.07, 6.45) is 3.10. The van der Waals surface area contributed by atoms with Crippen molar-refractivity contribution in [1.82, 2.24) is 0 Å². The van der Waals surface area contributed by atoms with Crippen LogP contribution in [0.4, 0.5) is 0 Å². The maximum Gasteiger partial charge on any atom is -0.00924 e. The molecule has 0 aliphatic rings. The molecule has 42 valence electrons. The van der Waals surface area contributed by atoms with Crippen molar-refractivity contribution in [1.29, 1.82) is 0 Å². The smallest absolute Gasteiger partial charge is 0.00924 e. The highest BCUT2D eigenvalue weighted by atomic mass is 32.1. The van der Waals surface area contributed by atoms with E-state index in [1.54, 1.807) is 0 Å². The molecule has 1 atom stereocenters. The maximum atomic E-state index is 4.07. The first kappa shape index (κ1) is 7.09. The summed E-state index contributed by atoms with van der Waals surface area (Å²) in [4.78, 5) is 0. The lowest BCUT2D eigenvalue weighted by atomic mass is 10.1. The predicted molar refractivity (Wildman–Crippen MR) is 37.8 cm³/mol. The van der Waals surface area contributed by atoms with Gasteiger partial charge in [-0.1, -0.05) is 13.0 Å². The van der Waals surface area contributed by atoms with Crippen LogP contribution in [0, 0.1) is 5.92 Å². The molecule has 0 aromatic rings. The lowest BCUT2D eigenvalue weighted by Gasteiger charge is -1.98. The minimum Gasteiger partial charge on any atom is -0.179 e. The summed E-state index contributed by atoms with van der Waals surface area (Å²) in [5, 5.41) is 0. The van der Waals surface area contributed by atoms with Crippen LogP contribution in [0.2, 0.25) is 0 Å². The van der Waals surface area contributed by atoms with Crippen molar-refractivity contribution >= 4 is 12.6 Å². The number of thiol groups is 1. The van der Waals surface area contributed by atoms with Crippen molar-refractivity contribution in [2.24, 2.45) is 5.92 Å². The van der Waals surface area contributed by atoms with E-state index in [-0.39, 0.29) is 0 Å². The van der Waals surface area contributed by atoms with Crippen LogP contribution in [0.25, 0.3) is 0 Å². The van der Waals surface area contributed by atoms with Gasteiger partial charge in [0.15, 0.2) is 0 Å². The molecule has 0 radical (unpaired) electrons. The monoisotopic (exact) mass is 116 g/mol. The van der Waals surface area contributed by atoms with Gasteiger partial charge < -0.3 is 0 Å². The SMILES string of the molecule is C=CC(C)CCS. The molecule has 0 saturated heterocycles. The Balaban J connectivity index is 2.98. The lowest BCUT2D eigenvalue weighted by molar-refractivity contribution is 0.708. The fourth-order valence-electron chi connectivity index (χ4n) is 0.321. The molecule has 0 aliphatic heterocycles. The third kappa shape index (κ3) is 3.93. The standard InChI is InChI=1S/C6H12S/c1-3-6(2)4-5-7/h3,6-7H,1,4-5H2,2H3. The van der Waals surface area contributed by atoms with E-state index in [0.717, 1.165) is 12.2 Å². The van der Waals surface area contributed by atoms with E-state index in [9.17, 15) is 0 Å². The fourth-order valence-corrected chi connectivity index (χ4v) is 0.729. The van der Waals surface area contributed by atoms with Crippen LogP contribution in [0.5, 0.6) is 0 Å². The van der Waals surface area contributed by atoms with Gasteiger partial charge in [-0.15, -0.1) is 6.58 Å². The lowest BCUT2D eigenvalue weighted by Crippen LogP contribution is -1.87. The average molecular weight is 116 g/mol. The van der Waals surface area contributed by atoms with Gasteiger partial charge in [0.2, 0.25) is 0 Å². The molecule has 0 amide bonds. The molecule has 0 N–H and O–H groups in total. The van der Waals surface area contributed by atoms with E-state index in [1.165, 1.54) is 0 Å². The van der Waals surface area contributed by atoms with Gasteiger partial charge in [0.1, 0.15) is 0 Å². The van der Waals surface area contributed by atoms with Crippen molar-refractivity contribution in [3.63, 3.8) is 0 Å². The largest absolute Gasteiger partial charge is 0.179 e. The van der Waals surface area contributed by atoms with E-state index >= 15 is 0 Å². The normalized spacial score (nSPS) is 13.4. The minimum absolute atomic E-state index is 0.637. The first-order chi connectivity index (χ1) is 3.31. The molecule has 0 rings (SSSR count). The van der Waals surface area contributed by atoms with Gasteiger partial charge in [0.05, 0.1) is 0 Å². The van der Waals surface area contributed by atoms with Crippen LogP contribution in [0.3, 0.4) is 0 Å². The van der Waals surface area contributed by atoms with E-state index in [2.05, 4.69) is 26.1 Å². The number of rotatable bonds is 3. The molecule has 0 heterocycles. The van der Waals surface area contributed by atoms with Crippen LogP contribution in [-0.4, -0.2) is 5.75 Å². The minimum atomic E-state index is 0.637. The van der Waals surface area contributed by atoms with E-state index in [0.29, 0.717) is 5.92 Å². The highest BCUT2D eigenvalue weighted by molar-refractivity contribution is 7.80. The zero-order valence-electron chi connectivity index (χ0n) is 4.72. The maximum absolute atomic E-state index is 4.07. The van der Waals surface area contributed by atoms with Crippen LogP contribution < -0.4 is 0 Å². The Bertz CT molecular complexity index is 50.1. The summed E-state index contributed by atoms with van der Waals surface area (Å²) in [6.45, 7) is 5.79. The predicted octanol–water partition coefficient (Wildman–Crippen LogP) is 2.13.